The Morgan fingerprint density at radius 2 is 1.67 bits per heavy atom. The van der Waals surface area contributed by atoms with Gasteiger partial charge in [-0.2, -0.15) is 26.3 Å². The molecule has 16 heteroatoms. The highest BCUT2D eigenvalue weighted by Gasteiger charge is 2.39. The van der Waals surface area contributed by atoms with Crippen molar-refractivity contribution in [3.05, 3.63) is 47.8 Å². The molecule has 4 rings (SSSR count). The third kappa shape index (κ3) is 9.85. The molecule has 0 spiro atoms. The number of carboxylic acid groups (broad SMARTS) is 2. The first-order valence-corrected chi connectivity index (χ1v) is 11.6. The number of carboxylic acids is 2. The molecule has 39 heavy (non-hydrogen) atoms. The van der Waals surface area contributed by atoms with Gasteiger partial charge in [0.15, 0.2) is 0 Å². The third-order valence-corrected chi connectivity index (χ3v) is 5.93. The fraction of sp³-hybridized carbons (Fsp3) is 0.522. The van der Waals surface area contributed by atoms with Gasteiger partial charge in [-0.25, -0.2) is 14.6 Å². The lowest BCUT2D eigenvalue weighted by atomic mass is 9.85. The van der Waals surface area contributed by atoms with Crippen molar-refractivity contribution >= 4 is 17.8 Å². The molecule has 2 aliphatic rings. The van der Waals surface area contributed by atoms with Gasteiger partial charge in [-0.15, -0.1) is 0 Å². The summed E-state index contributed by atoms with van der Waals surface area (Å²) in [6.45, 7) is 3.09. The van der Waals surface area contributed by atoms with E-state index < -0.39 is 24.3 Å². The fourth-order valence-electron chi connectivity index (χ4n) is 3.82. The maximum absolute atomic E-state index is 12.9. The number of aliphatic carboxylic acids is 2. The van der Waals surface area contributed by atoms with Crippen LogP contribution in [-0.4, -0.2) is 72.9 Å². The van der Waals surface area contributed by atoms with Crippen LogP contribution in [0, 0.1) is 5.92 Å². The van der Waals surface area contributed by atoms with Crippen molar-refractivity contribution in [1.82, 2.24) is 24.8 Å². The second-order valence-electron chi connectivity index (χ2n) is 8.92. The van der Waals surface area contributed by atoms with Crippen LogP contribution in [0.2, 0.25) is 0 Å². The summed E-state index contributed by atoms with van der Waals surface area (Å²) in [6.07, 6.45) is -0.879. The van der Waals surface area contributed by atoms with E-state index in [2.05, 4.69) is 26.3 Å². The van der Waals surface area contributed by atoms with E-state index in [0.717, 1.165) is 43.1 Å². The number of nitrogens with zero attached hydrogens (tertiary/aromatic N) is 4. The molecule has 0 saturated heterocycles. The monoisotopic (exact) mass is 567 g/mol. The van der Waals surface area contributed by atoms with Crippen molar-refractivity contribution in [2.45, 2.75) is 50.6 Å². The van der Waals surface area contributed by atoms with Crippen LogP contribution in [0.25, 0.3) is 0 Å². The predicted octanol–water partition coefficient (Wildman–Crippen LogP) is 3.10. The number of fused-ring (bicyclic) bond motifs is 1. The lowest BCUT2D eigenvalue weighted by Crippen LogP contribution is -2.43. The highest BCUT2D eigenvalue weighted by Crippen LogP contribution is 2.29. The minimum Gasteiger partial charge on any atom is -0.475 e. The van der Waals surface area contributed by atoms with Crippen LogP contribution in [0.15, 0.2) is 30.9 Å². The van der Waals surface area contributed by atoms with Crippen molar-refractivity contribution in [2.24, 2.45) is 13.0 Å². The average Bonchev–Trinajstić information content (AvgIpc) is 3.18. The molecule has 0 bridgehead atoms. The molecule has 1 unspecified atom stereocenters. The molecule has 1 saturated carbocycles. The molecule has 3 N–H and O–H groups in total. The van der Waals surface area contributed by atoms with Gasteiger partial charge in [0, 0.05) is 45.6 Å². The van der Waals surface area contributed by atoms with E-state index in [-0.39, 0.29) is 11.8 Å². The quantitative estimate of drug-likeness (QED) is 0.469. The number of hydrogen-bond acceptors (Lipinski definition) is 6. The first-order chi connectivity index (χ1) is 18.1. The Morgan fingerprint density at radius 3 is 2.13 bits per heavy atom. The second kappa shape index (κ2) is 13.4. The number of amides is 1. The number of pyridine rings is 1. The predicted molar refractivity (Wildman–Crippen MR) is 122 cm³/mol. The average molecular weight is 567 g/mol. The smallest absolute Gasteiger partial charge is 0.475 e. The zero-order chi connectivity index (χ0) is 29.4. The lowest BCUT2D eigenvalue weighted by molar-refractivity contribution is -0.193. The van der Waals surface area contributed by atoms with E-state index in [1.165, 1.54) is 19.3 Å². The normalized spacial score (nSPS) is 17.4. The van der Waals surface area contributed by atoms with Gasteiger partial charge < -0.3 is 20.1 Å². The van der Waals surface area contributed by atoms with Gasteiger partial charge >= 0.3 is 24.3 Å². The van der Waals surface area contributed by atoms with E-state index in [1.54, 1.807) is 6.20 Å². The minimum absolute atomic E-state index is 0.132. The lowest BCUT2D eigenvalue weighted by Gasteiger charge is -2.33. The molecule has 10 nitrogen and oxygen atoms in total. The SMILES string of the molecule is Cn1cnc2c1C(C(=O)NCC1CCC1)CN(Cc1cccnc1)C2.O=C(O)C(F)(F)F.O=C(O)C(F)(F)F. The van der Waals surface area contributed by atoms with E-state index in [9.17, 15) is 31.1 Å². The van der Waals surface area contributed by atoms with Gasteiger partial charge in [-0.3, -0.25) is 14.7 Å². The molecule has 3 heterocycles. The molecular weight excluding hydrogens is 540 g/mol. The number of carbonyl (C=O) groups is 3. The molecule has 1 amide bonds. The number of nitrogens with one attached hydrogen (secondary N) is 1. The Morgan fingerprint density at radius 1 is 1.08 bits per heavy atom. The van der Waals surface area contributed by atoms with Gasteiger partial charge in [0.25, 0.3) is 0 Å². The summed E-state index contributed by atoms with van der Waals surface area (Å²) < 4.78 is 65.5. The van der Waals surface area contributed by atoms with Crippen LogP contribution < -0.4 is 5.32 Å². The Labute approximate surface area is 218 Å². The van der Waals surface area contributed by atoms with Gasteiger partial charge in [-0.05, 0) is 30.4 Å². The molecule has 1 aliphatic heterocycles. The molecule has 1 fully saturated rings. The van der Waals surface area contributed by atoms with Gasteiger partial charge in [0.1, 0.15) is 0 Å². The van der Waals surface area contributed by atoms with Crippen LogP contribution in [-0.2, 0) is 34.5 Å². The highest BCUT2D eigenvalue weighted by molar-refractivity contribution is 5.84. The van der Waals surface area contributed by atoms with E-state index in [4.69, 9.17) is 19.8 Å². The van der Waals surface area contributed by atoms with Crippen molar-refractivity contribution in [3.8, 4) is 0 Å². The largest absolute Gasteiger partial charge is 0.490 e. The molecule has 1 aliphatic carbocycles. The van der Waals surface area contributed by atoms with E-state index >= 15 is 0 Å². The third-order valence-electron chi connectivity index (χ3n) is 5.93. The summed E-state index contributed by atoms with van der Waals surface area (Å²) in [5.74, 6) is -4.87. The number of rotatable bonds is 5. The number of imidazole rings is 1. The number of aromatic nitrogens is 3. The van der Waals surface area contributed by atoms with Crippen molar-refractivity contribution < 1.29 is 50.9 Å². The first-order valence-electron chi connectivity index (χ1n) is 11.6. The Kier molecular flexibility index (Phi) is 10.8. The molecule has 1 atom stereocenters. The molecule has 2 aromatic heterocycles. The van der Waals surface area contributed by atoms with E-state index in [0.29, 0.717) is 5.92 Å². The molecule has 0 aromatic carbocycles. The number of alkyl halides is 6. The number of carbonyl (C=O) groups excluding carboxylic acids is 1. The summed E-state index contributed by atoms with van der Waals surface area (Å²) in [5, 5.41) is 17.4. The van der Waals surface area contributed by atoms with Gasteiger partial charge in [-0.1, -0.05) is 12.5 Å². The Hall–Kier alpha value is -3.69. The number of halogens is 6. The standard InChI is InChI=1S/C19H25N5O.2C2HF3O2/c1-23-13-22-17-12-24(10-15-6-3-7-20-8-15)11-16(18(17)23)19(25)21-9-14-4-2-5-14;2*3-2(4,5)1(6)7/h3,6-8,13-14,16H,2,4-5,9-12H2,1H3,(H,21,25);2*(H,6,7). The summed E-state index contributed by atoms with van der Waals surface area (Å²) in [6, 6.07) is 4.03. The van der Waals surface area contributed by atoms with Crippen molar-refractivity contribution in [2.75, 3.05) is 13.1 Å². The maximum Gasteiger partial charge on any atom is 0.490 e. The molecule has 2 aromatic rings. The Bertz CT molecular complexity index is 1090. The van der Waals surface area contributed by atoms with Crippen LogP contribution in [0.4, 0.5) is 26.3 Å². The van der Waals surface area contributed by atoms with Crippen LogP contribution in [0.5, 0.6) is 0 Å². The Balaban J connectivity index is 0.000000317. The van der Waals surface area contributed by atoms with Crippen LogP contribution >= 0.6 is 0 Å². The second-order valence-corrected chi connectivity index (χ2v) is 8.92. The minimum atomic E-state index is -5.08. The summed E-state index contributed by atoms with van der Waals surface area (Å²) >= 11 is 0. The molecular formula is C23H27F6N5O5. The summed E-state index contributed by atoms with van der Waals surface area (Å²) in [7, 11) is 1.98. The first kappa shape index (κ1) is 31.5. The van der Waals surface area contributed by atoms with Crippen molar-refractivity contribution in [1.29, 1.82) is 0 Å². The maximum atomic E-state index is 12.9. The zero-order valence-electron chi connectivity index (χ0n) is 20.7. The van der Waals surface area contributed by atoms with Crippen LogP contribution in [0.3, 0.4) is 0 Å². The summed E-state index contributed by atoms with van der Waals surface area (Å²) in [5.41, 5.74) is 3.24. The highest BCUT2D eigenvalue weighted by atomic mass is 19.4. The zero-order valence-corrected chi connectivity index (χ0v) is 20.7. The number of hydrogen-bond donors (Lipinski definition) is 3. The molecule has 216 valence electrons. The number of aryl methyl sites for hydroxylation is 1. The summed E-state index contributed by atoms with van der Waals surface area (Å²) in [4.78, 5) is 41.7. The topological polar surface area (TPSA) is 138 Å². The van der Waals surface area contributed by atoms with E-state index in [1.807, 2.05) is 30.2 Å². The van der Waals surface area contributed by atoms with Gasteiger partial charge in [0.05, 0.1) is 23.6 Å². The fourth-order valence-corrected chi connectivity index (χ4v) is 3.82. The van der Waals surface area contributed by atoms with Gasteiger partial charge in [0.2, 0.25) is 5.91 Å². The molecule has 0 radical (unpaired) electrons. The van der Waals surface area contributed by atoms with Crippen LogP contribution in [0.1, 0.15) is 42.1 Å². The van der Waals surface area contributed by atoms with Crippen molar-refractivity contribution in [3.63, 3.8) is 0 Å².